The Kier molecular flexibility index (Phi) is 4.55. The molecule has 0 unspecified atom stereocenters. The topological polar surface area (TPSA) is 104 Å². The van der Waals surface area contributed by atoms with Crippen LogP contribution in [-0.2, 0) is 0 Å². The summed E-state index contributed by atoms with van der Waals surface area (Å²) < 4.78 is 4.84. The van der Waals surface area contributed by atoms with E-state index in [0.29, 0.717) is 16.2 Å². The van der Waals surface area contributed by atoms with Gasteiger partial charge in [0.15, 0.2) is 0 Å². The molecule has 7 heteroatoms. The number of anilines is 1. The van der Waals surface area contributed by atoms with Crippen molar-refractivity contribution in [1.29, 1.82) is 0 Å². The number of nitrogens with zero attached hydrogens (tertiary/aromatic N) is 2. The third kappa shape index (κ3) is 3.45. The van der Waals surface area contributed by atoms with Crippen LogP contribution in [0.3, 0.4) is 0 Å². The van der Waals surface area contributed by atoms with Crippen LogP contribution >= 0.6 is 11.6 Å². The van der Waals surface area contributed by atoms with Crippen LogP contribution in [-0.4, -0.2) is 16.1 Å². The largest absolute Gasteiger partial charge is 0.412 e. The van der Waals surface area contributed by atoms with Crippen LogP contribution in [0.4, 0.5) is 10.5 Å². The van der Waals surface area contributed by atoms with E-state index in [2.05, 4.69) is 9.97 Å². The van der Waals surface area contributed by atoms with Crippen molar-refractivity contribution in [3.05, 3.63) is 71.9 Å². The Balaban J connectivity index is 2.00. The van der Waals surface area contributed by atoms with Crippen LogP contribution in [0.5, 0.6) is 6.01 Å². The van der Waals surface area contributed by atoms with Gasteiger partial charge in [-0.25, -0.2) is 9.78 Å². The van der Waals surface area contributed by atoms with Gasteiger partial charge in [0, 0.05) is 33.4 Å². The average molecular weight is 391 g/mol. The van der Waals surface area contributed by atoms with Crippen molar-refractivity contribution in [1.82, 2.24) is 9.97 Å². The van der Waals surface area contributed by atoms with Crippen molar-refractivity contribution in [2.24, 2.45) is 5.73 Å². The fraction of sp³-hybridized carbons (Fsp3) is 0. The van der Waals surface area contributed by atoms with Crippen LogP contribution in [0.2, 0.25) is 5.02 Å². The molecule has 1 amide bonds. The molecule has 0 radical (unpaired) electrons. The highest BCUT2D eigenvalue weighted by atomic mass is 35.5. The van der Waals surface area contributed by atoms with Crippen LogP contribution in [0, 0.1) is 0 Å². The number of nitrogen functional groups attached to an aromatic ring is 1. The number of primary amides is 1. The normalized spacial score (nSPS) is 10.8. The lowest BCUT2D eigenvalue weighted by Crippen LogP contribution is -2.17. The van der Waals surface area contributed by atoms with Gasteiger partial charge < -0.3 is 16.2 Å². The monoisotopic (exact) mass is 390 g/mol. The van der Waals surface area contributed by atoms with E-state index in [1.54, 1.807) is 12.3 Å². The predicted molar refractivity (Wildman–Crippen MR) is 110 cm³/mol. The second kappa shape index (κ2) is 7.17. The van der Waals surface area contributed by atoms with E-state index in [-0.39, 0.29) is 6.01 Å². The van der Waals surface area contributed by atoms with Gasteiger partial charge in [-0.3, -0.25) is 0 Å². The average Bonchev–Trinajstić information content (AvgIpc) is 2.67. The first kappa shape index (κ1) is 17.8. The van der Waals surface area contributed by atoms with E-state index in [1.165, 1.54) is 0 Å². The molecular formula is C21H15ClN4O2. The quantitative estimate of drug-likeness (QED) is 0.495. The van der Waals surface area contributed by atoms with Crippen molar-refractivity contribution in [2.45, 2.75) is 0 Å². The van der Waals surface area contributed by atoms with Gasteiger partial charge in [0.2, 0.25) is 0 Å². The van der Waals surface area contributed by atoms with E-state index in [4.69, 9.17) is 27.8 Å². The highest BCUT2D eigenvalue weighted by molar-refractivity contribution is 6.33. The van der Waals surface area contributed by atoms with Crippen LogP contribution in [0.15, 0.2) is 66.9 Å². The Morgan fingerprint density at radius 1 is 0.964 bits per heavy atom. The van der Waals surface area contributed by atoms with Crippen molar-refractivity contribution < 1.29 is 9.53 Å². The van der Waals surface area contributed by atoms with Gasteiger partial charge in [0.1, 0.15) is 0 Å². The van der Waals surface area contributed by atoms with E-state index in [1.807, 2.05) is 54.6 Å². The molecule has 6 nitrogen and oxygen atoms in total. The maximum absolute atomic E-state index is 11.1. The molecule has 0 saturated heterocycles. The third-order valence-electron chi connectivity index (χ3n) is 4.24. The molecule has 1 aromatic heterocycles. The highest BCUT2D eigenvalue weighted by Gasteiger charge is 2.14. The van der Waals surface area contributed by atoms with Crippen LogP contribution in [0.25, 0.3) is 33.2 Å². The molecule has 0 aliphatic heterocycles. The molecule has 0 aliphatic rings. The minimum absolute atomic E-state index is 0.115. The fourth-order valence-corrected chi connectivity index (χ4v) is 3.29. The lowest BCUT2D eigenvalue weighted by Gasteiger charge is -2.12. The molecule has 0 atom stereocenters. The molecule has 138 valence electrons. The minimum atomic E-state index is -0.974. The maximum atomic E-state index is 11.1. The summed E-state index contributed by atoms with van der Waals surface area (Å²) in [5.41, 5.74) is 15.7. The van der Waals surface area contributed by atoms with Crippen molar-refractivity contribution in [3.8, 4) is 28.3 Å². The molecule has 4 aromatic rings. The predicted octanol–water partition coefficient (Wildman–Crippen LogP) is 4.66. The molecule has 28 heavy (non-hydrogen) atoms. The molecule has 0 aliphatic carbocycles. The van der Waals surface area contributed by atoms with Crippen molar-refractivity contribution >= 4 is 34.3 Å². The van der Waals surface area contributed by atoms with Crippen molar-refractivity contribution in [3.63, 3.8) is 0 Å². The first-order valence-corrected chi connectivity index (χ1v) is 8.78. The molecule has 3 aromatic carbocycles. The van der Waals surface area contributed by atoms with E-state index in [0.717, 1.165) is 27.6 Å². The Labute approximate surface area is 165 Å². The number of rotatable bonds is 3. The fourth-order valence-electron chi connectivity index (χ4n) is 3.05. The number of carbonyl (C=O) groups is 1. The van der Waals surface area contributed by atoms with Gasteiger partial charge in [-0.05, 0) is 41.5 Å². The van der Waals surface area contributed by atoms with Crippen LogP contribution in [0.1, 0.15) is 0 Å². The SMILES string of the molecule is NC(=O)Oc1ncc2cc(-c3ccccc3Cl)cc(-c3cccc(N)c3)c2n1. The highest BCUT2D eigenvalue weighted by Crippen LogP contribution is 2.36. The van der Waals surface area contributed by atoms with Gasteiger partial charge in [-0.15, -0.1) is 0 Å². The number of hydrogen-bond donors (Lipinski definition) is 2. The Hall–Kier alpha value is -3.64. The summed E-state index contributed by atoms with van der Waals surface area (Å²) >= 11 is 6.39. The van der Waals surface area contributed by atoms with Crippen LogP contribution < -0.4 is 16.2 Å². The van der Waals surface area contributed by atoms with E-state index >= 15 is 0 Å². The summed E-state index contributed by atoms with van der Waals surface area (Å²) in [5, 5.41) is 1.39. The van der Waals surface area contributed by atoms with Crippen molar-refractivity contribution in [2.75, 3.05) is 5.73 Å². The lowest BCUT2D eigenvalue weighted by molar-refractivity contribution is 0.207. The zero-order chi connectivity index (χ0) is 19.7. The standard InChI is InChI=1S/C21H15ClN4O2/c22-18-7-2-1-6-16(18)13-8-14-11-25-21(28-20(24)27)26-19(14)17(10-13)12-4-3-5-15(23)9-12/h1-11H,23H2,(H2,24,27). The van der Waals surface area contributed by atoms with Gasteiger partial charge >= 0.3 is 12.1 Å². The summed E-state index contributed by atoms with van der Waals surface area (Å²) in [6.07, 6.45) is 0.606. The Bertz CT molecular complexity index is 1210. The molecule has 0 spiro atoms. The maximum Gasteiger partial charge on any atom is 0.412 e. The molecule has 1 heterocycles. The Morgan fingerprint density at radius 2 is 1.79 bits per heavy atom. The number of benzene rings is 3. The number of amides is 1. The summed E-state index contributed by atoms with van der Waals surface area (Å²) in [6, 6.07) is 18.8. The number of hydrogen-bond acceptors (Lipinski definition) is 5. The van der Waals surface area contributed by atoms with E-state index < -0.39 is 6.09 Å². The van der Waals surface area contributed by atoms with Gasteiger partial charge in [-0.2, -0.15) is 4.98 Å². The number of halogens is 1. The summed E-state index contributed by atoms with van der Waals surface area (Å²) in [4.78, 5) is 19.5. The smallest absolute Gasteiger partial charge is 0.399 e. The number of nitrogens with two attached hydrogens (primary N) is 2. The molecule has 0 fully saturated rings. The second-order valence-corrected chi connectivity index (χ2v) is 6.55. The molecule has 0 saturated carbocycles. The second-order valence-electron chi connectivity index (χ2n) is 6.14. The van der Waals surface area contributed by atoms with E-state index in [9.17, 15) is 4.79 Å². The number of ether oxygens (including phenoxy) is 1. The zero-order valence-electron chi connectivity index (χ0n) is 14.6. The Morgan fingerprint density at radius 3 is 2.54 bits per heavy atom. The summed E-state index contributed by atoms with van der Waals surface area (Å²) in [7, 11) is 0. The molecule has 4 N–H and O–H groups in total. The van der Waals surface area contributed by atoms with Gasteiger partial charge in [0.05, 0.1) is 5.52 Å². The third-order valence-corrected chi connectivity index (χ3v) is 4.56. The summed E-state index contributed by atoms with van der Waals surface area (Å²) in [5.74, 6) is 0. The van der Waals surface area contributed by atoms with Gasteiger partial charge in [-0.1, -0.05) is 41.9 Å². The number of fused-ring (bicyclic) bond motifs is 1. The zero-order valence-corrected chi connectivity index (χ0v) is 15.4. The number of aromatic nitrogens is 2. The molecule has 0 bridgehead atoms. The minimum Gasteiger partial charge on any atom is -0.399 e. The molecule has 4 rings (SSSR count). The summed E-state index contributed by atoms with van der Waals surface area (Å²) in [6.45, 7) is 0. The first-order chi connectivity index (χ1) is 13.5. The first-order valence-electron chi connectivity index (χ1n) is 8.40. The van der Waals surface area contributed by atoms with Gasteiger partial charge in [0.25, 0.3) is 0 Å². The molecular weight excluding hydrogens is 376 g/mol. The number of carbonyl (C=O) groups excluding carboxylic acids is 1. The lowest BCUT2D eigenvalue weighted by atomic mass is 9.96.